The molecule has 0 unspecified atom stereocenters. The summed E-state index contributed by atoms with van der Waals surface area (Å²) in [4.78, 5) is 26.3. The van der Waals surface area contributed by atoms with Crippen LogP contribution in [0.5, 0.6) is 11.5 Å². The van der Waals surface area contributed by atoms with Crippen molar-refractivity contribution in [1.29, 1.82) is 5.26 Å². The largest absolute Gasteiger partial charge is 0.502 e. The van der Waals surface area contributed by atoms with Crippen LogP contribution in [0.4, 0.5) is 5.69 Å². The van der Waals surface area contributed by atoms with E-state index in [9.17, 15) is 18.5 Å². The number of nitrogens with two attached hydrogens (primary N) is 1. The fraction of sp³-hybridized carbons (Fsp3) is 0.298. The monoisotopic (exact) mass is 886 g/mol. The van der Waals surface area contributed by atoms with Crippen LogP contribution >= 0.6 is 22.7 Å². The third-order valence-electron chi connectivity index (χ3n) is 10.4. The van der Waals surface area contributed by atoms with E-state index in [1.165, 1.54) is 28.0 Å². The average Bonchev–Trinajstić information content (AvgIpc) is 4.09. The number of benzene rings is 4. The highest BCUT2D eigenvalue weighted by Crippen LogP contribution is 2.43. The Morgan fingerprint density at radius 3 is 2.03 bits per heavy atom. The maximum Gasteiger partial charge on any atom is 0.322 e. The van der Waals surface area contributed by atoms with Crippen LogP contribution in [0.1, 0.15) is 80.4 Å². The number of carbonyl (C=O) groups excluding carboxylic acids is 1. The molecule has 62 heavy (non-hydrogen) atoms. The Morgan fingerprint density at radius 1 is 0.871 bits per heavy atom. The number of hydrogen-bond acceptors (Lipinski definition) is 12. The molecule has 0 saturated heterocycles. The van der Waals surface area contributed by atoms with Gasteiger partial charge in [0.1, 0.15) is 27.6 Å². The number of methoxy groups -OCH3 is 1. The minimum atomic E-state index is -3.82. The lowest BCUT2D eigenvalue weighted by molar-refractivity contribution is -0.137. The summed E-state index contributed by atoms with van der Waals surface area (Å²) in [5, 5.41) is 11.1. The van der Waals surface area contributed by atoms with E-state index in [2.05, 4.69) is 48.5 Å². The molecule has 0 radical (unpaired) electrons. The Hall–Kier alpha value is -5.94. The maximum absolute atomic E-state index is 12.4. The Balaban J connectivity index is 0.000000192. The summed E-state index contributed by atoms with van der Waals surface area (Å²) < 4.78 is 43.3. The quantitative estimate of drug-likeness (QED) is 0.0890. The third kappa shape index (κ3) is 9.89. The number of esters is 1. The zero-order valence-corrected chi connectivity index (χ0v) is 37.4. The molecule has 2 aliphatic rings. The molecule has 0 amide bonds. The molecule has 0 bridgehead atoms. The molecule has 0 aliphatic heterocycles. The number of hydrogen-bond donors (Lipinski definition) is 2. The number of sulfonamides is 1. The smallest absolute Gasteiger partial charge is 0.322 e. The van der Waals surface area contributed by atoms with Gasteiger partial charge in [-0.1, -0.05) is 42.5 Å². The van der Waals surface area contributed by atoms with Gasteiger partial charge < -0.3 is 19.9 Å². The van der Waals surface area contributed by atoms with Gasteiger partial charge in [-0.05, 0) is 117 Å². The second kappa shape index (κ2) is 19.0. The number of rotatable bonds is 12. The van der Waals surface area contributed by atoms with Crippen LogP contribution < -0.4 is 19.9 Å². The molecule has 2 heterocycles. The van der Waals surface area contributed by atoms with Gasteiger partial charge in [-0.3, -0.25) is 4.79 Å². The molecule has 6 aromatic rings. The first kappa shape index (κ1) is 44.1. The van der Waals surface area contributed by atoms with Gasteiger partial charge in [0.2, 0.25) is 15.7 Å². The van der Waals surface area contributed by atoms with E-state index in [-0.39, 0.29) is 18.2 Å². The molecular formula is C47H46N6O6S3. The zero-order valence-electron chi connectivity index (χ0n) is 35.0. The predicted molar refractivity (Wildman–Crippen MR) is 244 cm³/mol. The highest BCUT2D eigenvalue weighted by Gasteiger charge is 2.30. The Labute approximate surface area is 370 Å². The molecule has 318 valence electrons. The first-order chi connectivity index (χ1) is 29.8. The van der Waals surface area contributed by atoms with E-state index < -0.39 is 27.8 Å². The predicted octanol–water partition coefficient (Wildman–Crippen LogP) is 9.98. The molecular weight excluding hydrogens is 841 g/mol. The molecule has 2 atom stereocenters. The lowest BCUT2D eigenvalue weighted by atomic mass is 10.0. The van der Waals surface area contributed by atoms with Crippen molar-refractivity contribution < 1.29 is 27.4 Å². The van der Waals surface area contributed by atoms with Gasteiger partial charge in [0.25, 0.3) is 0 Å². The van der Waals surface area contributed by atoms with Gasteiger partial charge in [0.05, 0.1) is 41.2 Å². The fourth-order valence-electron chi connectivity index (χ4n) is 7.66. The van der Waals surface area contributed by atoms with Crippen LogP contribution in [-0.2, 0) is 32.4 Å². The van der Waals surface area contributed by atoms with E-state index in [0.717, 1.165) is 67.5 Å². The number of nitrogens with zero attached hydrogens (tertiary/aromatic N) is 4. The first-order valence-corrected chi connectivity index (χ1v) is 23.4. The molecule has 8 rings (SSSR count). The van der Waals surface area contributed by atoms with Crippen molar-refractivity contribution >= 4 is 44.4 Å². The number of ether oxygens (including phenoxy) is 3. The van der Waals surface area contributed by atoms with Gasteiger partial charge >= 0.3 is 5.97 Å². The molecule has 0 spiro atoms. The van der Waals surface area contributed by atoms with E-state index in [0.29, 0.717) is 35.6 Å². The van der Waals surface area contributed by atoms with Crippen molar-refractivity contribution in [3.05, 3.63) is 124 Å². The van der Waals surface area contributed by atoms with Crippen molar-refractivity contribution in [2.24, 2.45) is 5.73 Å². The first-order valence-electron chi connectivity index (χ1n) is 20.2. The summed E-state index contributed by atoms with van der Waals surface area (Å²) in [6.45, 7) is 15.2. The van der Waals surface area contributed by atoms with Gasteiger partial charge in [-0.25, -0.2) is 28.0 Å². The van der Waals surface area contributed by atoms with Crippen LogP contribution in [0.15, 0.2) is 85.2 Å². The van der Waals surface area contributed by atoms with E-state index in [1.807, 2.05) is 76.4 Å². The molecule has 0 saturated carbocycles. The second-order valence-corrected chi connectivity index (χ2v) is 19.3. The Bertz CT molecular complexity index is 2820. The van der Waals surface area contributed by atoms with E-state index in [4.69, 9.17) is 21.8 Å². The van der Waals surface area contributed by atoms with Crippen molar-refractivity contribution in [3.63, 3.8) is 0 Å². The van der Waals surface area contributed by atoms with E-state index >= 15 is 0 Å². The number of nitriles is 1. The van der Waals surface area contributed by atoms with Crippen LogP contribution in [-0.4, -0.2) is 49.4 Å². The zero-order chi connectivity index (χ0) is 44.1. The number of nitrogens with one attached hydrogen (secondary N) is 1. The van der Waals surface area contributed by atoms with Crippen LogP contribution in [0.3, 0.4) is 0 Å². The number of aromatic nitrogens is 2. The van der Waals surface area contributed by atoms with E-state index in [1.54, 1.807) is 29.7 Å². The molecule has 0 fully saturated rings. The molecule has 15 heteroatoms. The van der Waals surface area contributed by atoms with Crippen molar-refractivity contribution in [1.82, 2.24) is 14.7 Å². The normalized spacial score (nSPS) is 15.3. The number of thiazole rings is 2. The van der Waals surface area contributed by atoms with Gasteiger partial charge in [-0.2, -0.15) is 5.26 Å². The minimum absolute atomic E-state index is 0.0261. The van der Waals surface area contributed by atoms with Crippen LogP contribution in [0, 0.1) is 17.9 Å². The summed E-state index contributed by atoms with van der Waals surface area (Å²) >= 11 is 3.16. The number of fused-ring (bicyclic) bond motifs is 2. The summed E-state index contributed by atoms with van der Waals surface area (Å²) in [7, 11) is -2.65. The lowest BCUT2D eigenvalue weighted by Gasteiger charge is -2.14. The Kier molecular flexibility index (Phi) is 13.5. The Morgan fingerprint density at radius 2 is 1.44 bits per heavy atom. The summed E-state index contributed by atoms with van der Waals surface area (Å²) in [6.07, 6.45) is 7.05. The van der Waals surface area contributed by atoms with Gasteiger partial charge in [-0.15, -0.1) is 22.7 Å². The maximum atomic E-state index is 12.4. The van der Waals surface area contributed by atoms with Gasteiger partial charge in [0.15, 0.2) is 5.75 Å². The van der Waals surface area contributed by atoms with Crippen molar-refractivity contribution in [2.45, 2.75) is 77.7 Å². The van der Waals surface area contributed by atoms with Crippen molar-refractivity contribution in [2.75, 3.05) is 12.9 Å². The summed E-state index contributed by atoms with van der Waals surface area (Å²) in [5.74, 6) is -0.340. The average molecular weight is 887 g/mol. The molecule has 2 aromatic heterocycles. The summed E-state index contributed by atoms with van der Waals surface area (Å²) in [6, 6.07) is 25.3. The highest BCUT2D eigenvalue weighted by molar-refractivity contribution is 7.90. The van der Waals surface area contributed by atoms with Gasteiger partial charge in [0, 0.05) is 35.6 Å². The molecule has 3 N–H and O–H groups in total. The topological polar surface area (TPSA) is 171 Å². The van der Waals surface area contributed by atoms with Crippen molar-refractivity contribution in [3.8, 4) is 59.6 Å². The molecule has 4 aromatic carbocycles. The standard InChI is InChI=1S/C25H25N3O5S2.C22H21N3OS/c1-15(2)33-22-11-8-16(12-21(22)26-3)25-27-13-23(34-25)19-7-5-6-18-17(19)9-10-20(18)28-35(30,31)14-24(29)32-4;1-13(2)26-20-9-6-14(10-15(20)11-23)22-25-12-21(27-22)18-5-3-4-17-16(18)7-8-19(17)24/h5-8,11-13,15,20,28H,9-10,14H2,1-2,4H3;3-6,9-10,12-13,19H,7-8,24H2,1-2H3/t20-;19-/m00/s1. The number of carbonyl (C=O) groups is 1. The van der Waals surface area contributed by atoms with Crippen LogP contribution in [0.25, 0.3) is 46.9 Å². The SMILES string of the molecule is CC(C)Oc1ccc(-c2ncc(-c3cccc4c3CC[C@@H]4N)s2)cc1C#N.[C-]#[N+]c1cc(-c2ncc(-c3cccc4c3CC[C@@H]4NS(=O)(=O)CC(=O)OC)s2)ccc1OC(C)C. The molecule has 2 aliphatic carbocycles. The third-order valence-corrected chi connectivity index (χ3v) is 13.8. The molecule has 12 nitrogen and oxygen atoms in total. The summed E-state index contributed by atoms with van der Waals surface area (Å²) in [5.41, 5.74) is 15.8. The van der Waals surface area contributed by atoms with Crippen LogP contribution in [0.2, 0.25) is 0 Å². The second-order valence-electron chi connectivity index (χ2n) is 15.4. The fourth-order valence-corrected chi connectivity index (χ4v) is 10.8. The highest BCUT2D eigenvalue weighted by atomic mass is 32.2. The lowest BCUT2D eigenvalue weighted by Crippen LogP contribution is -2.33. The minimum Gasteiger partial charge on any atom is -0.502 e.